The standard InChI is InChI=1S/C13H17N3S/c1-14-9-11-3-5-13(6-4-11)17-10-12-7-8-16(2)15-12/h3-8,14H,9-10H2,1-2H3. The lowest BCUT2D eigenvalue weighted by molar-refractivity contribution is 0.755. The topological polar surface area (TPSA) is 29.9 Å². The van der Waals surface area contributed by atoms with Crippen LogP contribution in [0.15, 0.2) is 41.4 Å². The maximum atomic E-state index is 4.36. The van der Waals surface area contributed by atoms with E-state index in [0.29, 0.717) is 0 Å². The molecule has 1 N–H and O–H groups in total. The quantitative estimate of drug-likeness (QED) is 0.823. The van der Waals surface area contributed by atoms with E-state index in [-0.39, 0.29) is 0 Å². The minimum atomic E-state index is 0.922. The maximum Gasteiger partial charge on any atom is 0.0727 e. The van der Waals surface area contributed by atoms with Crippen molar-refractivity contribution in [2.45, 2.75) is 17.2 Å². The summed E-state index contributed by atoms with van der Waals surface area (Å²) in [6.07, 6.45) is 1.98. The summed E-state index contributed by atoms with van der Waals surface area (Å²) in [5.74, 6) is 0.923. The van der Waals surface area contributed by atoms with Crippen molar-refractivity contribution < 1.29 is 0 Å². The van der Waals surface area contributed by atoms with E-state index in [1.165, 1.54) is 10.5 Å². The summed E-state index contributed by atoms with van der Waals surface area (Å²) in [6.45, 7) is 0.922. The van der Waals surface area contributed by atoms with Gasteiger partial charge in [0, 0.05) is 30.4 Å². The van der Waals surface area contributed by atoms with Crippen LogP contribution in [0.1, 0.15) is 11.3 Å². The molecule has 2 aromatic rings. The molecule has 1 heterocycles. The Kier molecular flexibility index (Phi) is 4.23. The van der Waals surface area contributed by atoms with E-state index >= 15 is 0 Å². The Morgan fingerprint density at radius 1 is 1.24 bits per heavy atom. The molecule has 0 spiro atoms. The van der Waals surface area contributed by atoms with Crippen LogP contribution in [0.25, 0.3) is 0 Å². The second-order valence-electron chi connectivity index (χ2n) is 3.94. The molecule has 0 aliphatic rings. The third-order valence-corrected chi connectivity index (χ3v) is 3.51. The van der Waals surface area contributed by atoms with Crippen molar-refractivity contribution >= 4 is 11.8 Å². The lowest BCUT2D eigenvalue weighted by Crippen LogP contribution is -2.04. The molecule has 0 aliphatic carbocycles. The molecule has 0 radical (unpaired) electrons. The molecule has 0 saturated heterocycles. The smallest absolute Gasteiger partial charge is 0.0727 e. The van der Waals surface area contributed by atoms with Gasteiger partial charge in [-0.3, -0.25) is 4.68 Å². The van der Waals surface area contributed by atoms with E-state index in [1.54, 1.807) is 0 Å². The number of benzene rings is 1. The van der Waals surface area contributed by atoms with Crippen molar-refractivity contribution in [2.24, 2.45) is 7.05 Å². The third-order valence-electron chi connectivity index (χ3n) is 2.46. The monoisotopic (exact) mass is 247 g/mol. The van der Waals surface area contributed by atoms with Gasteiger partial charge >= 0.3 is 0 Å². The molecule has 0 bridgehead atoms. The zero-order valence-electron chi connectivity index (χ0n) is 10.2. The van der Waals surface area contributed by atoms with Crippen LogP contribution in [0, 0.1) is 0 Å². The number of thioether (sulfide) groups is 1. The fourth-order valence-corrected chi connectivity index (χ4v) is 2.40. The Morgan fingerprint density at radius 2 is 2.00 bits per heavy atom. The highest BCUT2D eigenvalue weighted by atomic mass is 32.2. The first-order chi connectivity index (χ1) is 8.28. The van der Waals surface area contributed by atoms with E-state index < -0.39 is 0 Å². The largest absolute Gasteiger partial charge is 0.316 e. The second-order valence-corrected chi connectivity index (χ2v) is 4.99. The minimum absolute atomic E-state index is 0.922. The fourth-order valence-electron chi connectivity index (χ4n) is 1.61. The molecule has 1 aromatic heterocycles. The predicted molar refractivity (Wildman–Crippen MR) is 72.0 cm³/mol. The van der Waals surface area contributed by atoms with Gasteiger partial charge in [-0.2, -0.15) is 5.10 Å². The van der Waals surface area contributed by atoms with Crippen LogP contribution in [0.5, 0.6) is 0 Å². The van der Waals surface area contributed by atoms with Crippen molar-refractivity contribution in [2.75, 3.05) is 7.05 Å². The van der Waals surface area contributed by atoms with Crippen LogP contribution in [-0.2, 0) is 19.3 Å². The highest BCUT2D eigenvalue weighted by Crippen LogP contribution is 2.22. The first-order valence-electron chi connectivity index (χ1n) is 5.63. The molecule has 17 heavy (non-hydrogen) atoms. The average molecular weight is 247 g/mol. The average Bonchev–Trinajstić information content (AvgIpc) is 2.75. The van der Waals surface area contributed by atoms with Crippen LogP contribution in [0.3, 0.4) is 0 Å². The molecule has 0 fully saturated rings. The summed E-state index contributed by atoms with van der Waals surface area (Å²) in [7, 11) is 3.91. The van der Waals surface area contributed by atoms with Crippen LogP contribution < -0.4 is 5.32 Å². The molecule has 4 heteroatoms. The van der Waals surface area contributed by atoms with Gasteiger partial charge < -0.3 is 5.32 Å². The maximum absolute atomic E-state index is 4.36. The SMILES string of the molecule is CNCc1ccc(SCc2ccn(C)n2)cc1. The molecular formula is C13H17N3S. The molecule has 1 aromatic carbocycles. The lowest BCUT2D eigenvalue weighted by Gasteiger charge is -2.02. The summed E-state index contributed by atoms with van der Waals surface area (Å²) in [5.41, 5.74) is 2.44. The highest BCUT2D eigenvalue weighted by molar-refractivity contribution is 7.98. The van der Waals surface area contributed by atoms with Gasteiger partial charge in [-0.25, -0.2) is 0 Å². The second kappa shape index (κ2) is 5.89. The molecule has 0 amide bonds. The van der Waals surface area contributed by atoms with E-state index in [9.17, 15) is 0 Å². The van der Waals surface area contributed by atoms with Gasteiger partial charge in [-0.1, -0.05) is 12.1 Å². The van der Waals surface area contributed by atoms with Crippen molar-refractivity contribution in [1.29, 1.82) is 0 Å². The van der Waals surface area contributed by atoms with Crippen LogP contribution in [0.2, 0.25) is 0 Å². The number of nitrogens with one attached hydrogen (secondary N) is 1. The van der Waals surface area contributed by atoms with Crippen molar-refractivity contribution in [3.63, 3.8) is 0 Å². The van der Waals surface area contributed by atoms with E-state index in [1.807, 2.05) is 36.7 Å². The zero-order chi connectivity index (χ0) is 12.1. The summed E-state index contributed by atoms with van der Waals surface area (Å²) < 4.78 is 1.84. The molecule has 0 unspecified atom stereocenters. The van der Waals surface area contributed by atoms with Crippen molar-refractivity contribution in [3.05, 3.63) is 47.8 Å². The predicted octanol–water partition coefficient (Wildman–Crippen LogP) is 2.43. The van der Waals surface area contributed by atoms with Crippen molar-refractivity contribution in [1.82, 2.24) is 15.1 Å². The number of rotatable bonds is 5. The zero-order valence-corrected chi connectivity index (χ0v) is 11.0. The highest BCUT2D eigenvalue weighted by Gasteiger charge is 1.99. The Hall–Kier alpha value is -1.26. The van der Waals surface area contributed by atoms with Crippen LogP contribution in [-0.4, -0.2) is 16.8 Å². The molecular weight excluding hydrogens is 230 g/mol. The minimum Gasteiger partial charge on any atom is -0.316 e. The molecule has 90 valence electrons. The van der Waals surface area contributed by atoms with Gasteiger partial charge in [0.15, 0.2) is 0 Å². The van der Waals surface area contributed by atoms with Crippen LogP contribution >= 0.6 is 11.8 Å². The van der Waals surface area contributed by atoms with Gasteiger partial charge in [-0.05, 0) is 30.8 Å². The Morgan fingerprint density at radius 3 is 2.59 bits per heavy atom. The van der Waals surface area contributed by atoms with E-state index in [2.05, 4.69) is 40.7 Å². The first kappa shape index (κ1) is 12.2. The Balaban J connectivity index is 1.90. The number of nitrogens with zero attached hydrogens (tertiary/aromatic N) is 2. The number of hydrogen-bond acceptors (Lipinski definition) is 3. The van der Waals surface area contributed by atoms with E-state index in [0.717, 1.165) is 18.0 Å². The van der Waals surface area contributed by atoms with E-state index in [4.69, 9.17) is 0 Å². The molecule has 0 saturated carbocycles. The third kappa shape index (κ3) is 3.61. The summed E-state index contributed by atoms with van der Waals surface area (Å²) in [4.78, 5) is 1.29. The number of aryl methyl sites for hydroxylation is 1. The summed E-state index contributed by atoms with van der Waals surface area (Å²) in [5, 5.41) is 7.50. The Labute approximate surface area is 106 Å². The van der Waals surface area contributed by atoms with Gasteiger partial charge in [0.25, 0.3) is 0 Å². The van der Waals surface area contributed by atoms with Gasteiger partial charge in [0.2, 0.25) is 0 Å². The number of aromatic nitrogens is 2. The number of hydrogen-bond donors (Lipinski definition) is 1. The normalized spacial score (nSPS) is 10.7. The molecule has 0 aliphatic heterocycles. The van der Waals surface area contributed by atoms with Gasteiger partial charge in [0.1, 0.15) is 0 Å². The van der Waals surface area contributed by atoms with Crippen LogP contribution in [0.4, 0.5) is 0 Å². The summed E-state index contributed by atoms with van der Waals surface area (Å²) >= 11 is 1.82. The Bertz CT molecular complexity index is 462. The lowest BCUT2D eigenvalue weighted by atomic mass is 10.2. The molecule has 2 rings (SSSR count). The van der Waals surface area contributed by atoms with Gasteiger partial charge in [0.05, 0.1) is 5.69 Å². The molecule has 3 nitrogen and oxygen atoms in total. The van der Waals surface area contributed by atoms with Gasteiger partial charge in [-0.15, -0.1) is 11.8 Å². The summed E-state index contributed by atoms with van der Waals surface area (Å²) in [6, 6.07) is 10.7. The molecule has 0 atom stereocenters. The fraction of sp³-hybridized carbons (Fsp3) is 0.308. The van der Waals surface area contributed by atoms with Crippen molar-refractivity contribution in [3.8, 4) is 0 Å². The first-order valence-corrected chi connectivity index (χ1v) is 6.61.